The van der Waals surface area contributed by atoms with Gasteiger partial charge in [0.1, 0.15) is 11.9 Å². The molecular formula is C12H15N3O4S. The number of carboxylic acid groups (broad SMARTS) is 1. The number of hydrogen-bond acceptors (Lipinski definition) is 7. The fourth-order valence-corrected chi connectivity index (χ4v) is 3.00. The van der Waals surface area contributed by atoms with Crippen molar-refractivity contribution in [2.75, 3.05) is 30.1 Å². The van der Waals surface area contributed by atoms with E-state index in [4.69, 9.17) is 0 Å². The molecule has 0 aromatic carbocycles. The number of methoxy groups -OCH3 is 1. The second-order valence-corrected chi connectivity index (χ2v) is 5.45. The fraction of sp³-hybridized carbons (Fsp3) is 0.500. The Morgan fingerprint density at radius 2 is 2.25 bits per heavy atom. The SMILES string of the molecule is COC(=O)c1nc(C)cc(N2CCSCC2C(=O)O)n1. The summed E-state index contributed by atoms with van der Waals surface area (Å²) in [6.07, 6.45) is 0. The molecule has 0 bridgehead atoms. The maximum atomic E-state index is 11.5. The van der Waals surface area contributed by atoms with Gasteiger partial charge in [-0.05, 0) is 6.92 Å². The first-order valence-corrected chi connectivity index (χ1v) is 7.19. The highest BCUT2D eigenvalue weighted by Crippen LogP contribution is 2.23. The van der Waals surface area contributed by atoms with Crippen LogP contribution in [0.4, 0.5) is 5.82 Å². The highest BCUT2D eigenvalue weighted by atomic mass is 32.2. The largest absolute Gasteiger partial charge is 0.480 e. The molecule has 1 aromatic rings. The minimum atomic E-state index is -0.895. The number of thioether (sulfide) groups is 1. The first-order valence-electron chi connectivity index (χ1n) is 6.04. The zero-order chi connectivity index (χ0) is 14.7. The van der Waals surface area contributed by atoms with Crippen molar-refractivity contribution in [3.05, 3.63) is 17.6 Å². The van der Waals surface area contributed by atoms with Crippen LogP contribution in [0.1, 0.15) is 16.3 Å². The summed E-state index contributed by atoms with van der Waals surface area (Å²) >= 11 is 1.59. The van der Waals surface area contributed by atoms with Gasteiger partial charge < -0.3 is 14.7 Å². The number of hydrogen-bond donors (Lipinski definition) is 1. The molecule has 108 valence electrons. The number of rotatable bonds is 3. The van der Waals surface area contributed by atoms with Crippen LogP contribution >= 0.6 is 11.8 Å². The van der Waals surface area contributed by atoms with E-state index >= 15 is 0 Å². The maximum Gasteiger partial charge on any atom is 0.376 e. The van der Waals surface area contributed by atoms with Crippen molar-refractivity contribution in [1.29, 1.82) is 0 Å². The van der Waals surface area contributed by atoms with Crippen molar-refractivity contribution in [1.82, 2.24) is 9.97 Å². The summed E-state index contributed by atoms with van der Waals surface area (Å²) in [6, 6.07) is 1.03. The molecule has 1 aliphatic heterocycles. The van der Waals surface area contributed by atoms with Gasteiger partial charge in [0.25, 0.3) is 0 Å². The third-order valence-corrected chi connectivity index (χ3v) is 3.94. The van der Waals surface area contributed by atoms with E-state index in [2.05, 4.69) is 14.7 Å². The van der Waals surface area contributed by atoms with Crippen LogP contribution in [0.25, 0.3) is 0 Å². The van der Waals surface area contributed by atoms with Crippen LogP contribution in [0.15, 0.2) is 6.07 Å². The molecule has 8 heteroatoms. The lowest BCUT2D eigenvalue weighted by Gasteiger charge is -2.33. The molecule has 0 aliphatic carbocycles. The number of esters is 1. The van der Waals surface area contributed by atoms with E-state index in [1.807, 2.05) is 0 Å². The van der Waals surface area contributed by atoms with Gasteiger partial charge >= 0.3 is 11.9 Å². The third kappa shape index (κ3) is 3.01. The normalized spacial score (nSPS) is 18.7. The molecule has 2 rings (SSSR count). The zero-order valence-corrected chi connectivity index (χ0v) is 12.0. The molecule has 1 aromatic heterocycles. The standard InChI is InChI=1S/C12H15N3O4S/c1-7-5-9(14-10(13-7)12(18)19-2)15-3-4-20-6-8(15)11(16)17/h5,8H,3-4,6H2,1-2H3,(H,16,17). The van der Waals surface area contributed by atoms with Gasteiger partial charge in [0, 0.05) is 29.8 Å². The van der Waals surface area contributed by atoms with Crippen LogP contribution in [0, 0.1) is 6.92 Å². The van der Waals surface area contributed by atoms with Crippen LogP contribution in [0.5, 0.6) is 0 Å². The summed E-state index contributed by atoms with van der Waals surface area (Å²) < 4.78 is 4.60. The highest BCUT2D eigenvalue weighted by Gasteiger charge is 2.30. The van der Waals surface area contributed by atoms with Gasteiger partial charge in [-0.25, -0.2) is 19.6 Å². The molecule has 0 radical (unpaired) electrons. The molecule has 20 heavy (non-hydrogen) atoms. The Hall–Kier alpha value is -1.83. The van der Waals surface area contributed by atoms with E-state index in [9.17, 15) is 14.7 Å². The predicted octanol–water partition coefficient (Wildman–Crippen LogP) is 0.578. The number of anilines is 1. The second-order valence-electron chi connectivity index (χ2n) is 4.31. The lowest BCUT2D eigenvalue weighted by Crippen LogP contribution is -2.48. The topological polar surface area (TPSA) is 92.6 Å². The fourth-order valence-electron chi connectivity index (χ4n) is 1.96. The Labute approximate surface area is 120 Å². The Balaban J connectivity index is 2.37. The molecular weight excluding hydrogens is 282 g/mol. The summed E-state index contributed by atoms with van der Waals surface area (Å²) in [7, 11) is 1.26. The summed E-state index contributed by atoms with van der Waals surface area (Å²) in [5.41, 5.74) is 0.595. The van der Waals surface area contributed by atoms with Crippen molar-refractivity contribution in [3.8, 4) is 0 Å². The van der Waals surface area contributed by atoms with Gasteiger partial charge in [0.2, 0.25) is 5.82 Å². The van der Waals surface area contributed by atoms with E-state index in [0.29, 0.717) is 23.8 Å². The van der Waals surface area contributed by atoms with E-state index in [-0.39, 0.29) is 5.82 Å². The zero-order valence-electron chi connectivity index (χ0n) is 11.2. The number of nitrogens with zero attached hydrogens (tertiary/aromatic N) is 3. The lowest BCUT2D eigenvalue weighted by molar-refractivity contribution is -0.138. The lowest BCUT2D eigenvalue weighted by atomic mass is 10.2. The van der Waals surface area contributed by atoms with E-state index in [1.165, 1.54) is 7.11 Å². The number of carbonyl (C=O) groups excluding carboxylic acids is 1. The molecule has 1 saturated heterocycles. The Morgan fingerprint density at radius 3 is 2.90 bits per heavy atom. The van der Waals surface area contributed by atoms with Crippen molar-refractivity contribution in [3.63, 3.8) is 0 Å². The molecule has 0 spiro atoms. The smallest absolute Gasteiger partial charge is 0.376 e. The Bertz CT molecular complexity index is 537. The number of aryl methyl sites for hydroxylation is 1. The van der Waals surface area contributed by atoms with Crippen LogP contribution < -0.4 is 4.90 Å². The van der Waals surface area contributed by atoms with E-state index in [1.54, 1.807) is 29.7 Å². The van der Waals surface area contributed by atoms with Gasteiger partial charge in [-0.2, -0.15) is 11.8 Å². The first kappa shape index (κ1) is 14.6. The molecule has 1 aliphatic rings. The maximum absolute atomic E-state index is 11.5. The highest BCUT2D eigenvalue weighted by molar-refractivity contribution is 7.99. The third-order valence-electron chi connectivity index (χ3n) is 2.92. The molecule has 7 nitrogen and oxygen atoms in total. The average molecular weight is 297 g/mol. The number of carbonyl (C=O) groups is 2. The van der Waals surface area contributed by atoms with Crippen LogP contribution in [0.3, 0.4) is 0 Å². The molecule has 1 unspecified atom stereocenters. The van der Waals surface area contributed by atoms with Crippen molar-refractivity contribution >= 4 is 29.5 Å². The average Bonchev–Trinajstić information content (AvgIpc) is 2.45. The molecule has 1 fully saturated rings. The predicted molar refractivity (Wildman–Crippen MR) is 74.2 cm³/mol. The van der Waals surface area contributed by atoms with E-state index in [0.717, 1.165) is 5.75 Å². The monoisotopic (exact) mass is 297 g/mol. The van der Waals surface area contributed by atoms with Gasteiger partial charge in [0.05, 0.1) is 7.11 Å². The van der Waals surface area contributed by atoms with Crippen molar-refractivity contribution < 1.29 is 19.4 Å². The minimum Gasteiger partial charge on any atom is -0.480 e. The van der Waals surface area contributed by atoms with Gasteiger partial charge in [0.15, 0.2) is 0 Å². The van der Waals surface area contributed by atoms with Gasteiger partial charge in [-0.1, -0.05) is 0 Å². The minimum absolute atomic E-state index is 0.0511. The molecule has 2 heterocycles. The summed E-state index contributed by atoms with van der Waals surface area (Å²) in [5.74, 6) is 0.184. The molecule has 0 saturated carbocycles. The van der Waals surface area contributed by atoms with Crippen LogP contribution in [-0.2, 0) is 9.53 Å². The number of aliphatic carboxylic acids is 1. The quantitative estimate of drug-likeness (QED) is 0.810. The van der Waals surface area contributed by atoms with Crippen LogP contribution in [0.2, 0.25) is 0 Å². The summed E-state index contributed by atoms with van der Waals surface area (Å²) in [4.78, 5) is 32.7. The Kier molecular flexibility index (Phi) is 4.43. The molecule has 1 atom stereocenters. The number of ether oxygens (including phenoxy) is 1. The van der Waals surface area contributed by atoms with Crippen molar-refractivity contribution in [2.24, 2.45) is 0 Å². The Morgan fingerprint density at radius 1 is 1.50 bits per heavy atom. The number of aromatic nitrogens is 2. The first-order chi connectivity index (χ1) is 9.52. The molecule has 0 amide bonds. The second kappa shape index (κ2) is 6.08. The van der Waals surface area contributed by atoms with Crippen molar-refractivity contribution in [2.45, 2.75) is 13.0 Å². The van der Waals surface area contributed by atoms with Gasteiger partial charge in [-0.15, -0.1) is 0 Å². The van der Waals surface area contributed by atoms with E-state index < -0.39 is 18.0 Å². The number of carboxylic acids is 1. The van der Waals surface area contributed by atoms with Crippen LogP contribution in [-0.4, -0.2) is 58.2 Å². The molecule has 1 N–H and O–H groups in total. The summed E-state index contributed by atoms with van der Waals surface area (Å²) in [6.45, 7) is 2.30. The van der Waals surface area contributed by atoms with Gasteiger partial charge in [-0.3, -0.25) is 0 Å². The summed E-state index contributed by atoms with van der Waals surface area (Å²) in [5, 5.41) is 9.27.